The molecule has 7 heteroatoms. The molecule has 1 aromatic heterocycles. The van der Waals surface area contributed by atoms with E-state index in [0.717, 1.165) is 44.4 Å². The monoisotopic (exact) mass is 695 g/mol. The van der Waals surface area contributed by atoms with E-state index in [1.807, 2.05) is 38.5 Å². The van der Waals surface area contributed by atoms with Crippen LogP contribution in [0.25, 0.3) is 0 Å². The van der Waals surface area contributed by atoms with E-state index in [9.17, 15) is 9.59 Å². The van der Waals surface area contributed by atoms with Gasteiger partial charge < -0.3 is 10.6 Å². The van der Waals surface area contributed by atoms with Crippen molar-refractivity contribution >= 4 is 46.0 Å². The molecule has 2 fully saturated rings. The minimum absolute atomic E-state index is 0. The van der Waals surface area contributed by atoms with E-state index in [0.29, 0.717) is 30.0 Å². The number of hydrogen-bond donors (Lipinski definition) is 2. The first-order valence-corrected chi connectivity index (χ1v) is 15.3. The SMILES string of the molecule is CCCCCCCC(=O)Nc1cc(C#C[C]2[CH][CH][CH][CH]2)cc(NC(=O)CCCCCCC)n1.I[C]1[CH][CH][CH][CH]1.[Fe+2]. The Morgan fingerprint density at radius 1 is 0.700 bits per heavy atom. The van der Waals surface area contributed by atoms with Gasteiger partial charge in [0.05, 0.1) is 5.92 Å². The Morgan fingerprint density at radius 2 is 1.15 bits per heavy atom. The first kappa shape index (κ1) is 36.9. The van der Waals surface area contributed by atoms with Crippen molar-refractivity contribution in [2.75, 3.05) is 10.6 Å². The van der Waals surface area contributed by atoms with Crippen LogP contribution in [0.15, 0.2) is 12.1 Å². The van der Waals surface area contributed by atoms with E-state index in [1.54, 1.807) is 12.1 Å². The molecular formula is C33H42FeIN3O2+2. The van der Waals surface area contributed by atoms with Crippen LogP contribution >= 0.6 is 22.6 Å². The minimum Gasteiger partial charge on any atom is -0.311 e. The summed E-state index contributed by atoms with van der Waals surface area (Å²) in [6.45, 7) is 4.35. The molecule has 214 valence electrons. The van der Waals surface area contributed by atoms with Crippen LogP contribution in [0.1, 0.15) is 96.5 Å². The average Bonchev–Trinajstić information content (AvgIpc) is 3.61. The van der Waals surface area contributed by atoms with E-state index in [-0.39, 0.29) is 28.9 Å². The Balaban J connectivity index is 0.00000101. The summed E-state index contributed by atoms with van der Waals surface area (Å²) in [7, 11) is 0. The van der Waals surface area contributed by atoms with Gasteiger partial charge in [-0.2, -0.15) is 0 Å². The van der Waals surface area contributed by atoms with Gasteiger partial charge in [-0.25, -0.2) is 4.98 Å². The number of unbranched alkanes of at least 4 members (excludes halogenated alkanes) is 8. The predicted molar refractivity (Wildman–Crippen MR) is 170 cm³/mol. The molecule has 2 amide bonds. The summed E-state index contributed by atoms with van der Waals surface area (Å²) in [6.07, 6.45) is 27.8. The van der Waals surface area contributed by atoms with Crippen molar-refractivity contribution in [2.45, 2.75) is 90.9 Å². The van der Waals surface area contributed by atoms with Gasteiger partial charge in [-0.1, -0.05) is 99.6 Å². The van der Waals surface area contributed by atoms with E-state index in [1.165, 1.54) is 29.6 Å². The number of rotatable bonds is 14. The van der Waals surface area contributed by atoms with Crippen molar-refractivity contribution < 1.29 is 26.7 Å². The number of carbonyl (C=O) groups is 2. The number of hydrogen-bond acceptors (Lipinski definition) is 3. The Bertz CT molecular complexity index is 856. The molecule has 10 radical (unpaired) electrons. The maximum atomic E-state index is 12.4. The summed E-state index contributed by atoms with van der Waals surface area (Å²) in [6, 6.07) is 3.51. The molecule has 0 bridgehead atoms. The van der Waals surface area contributed by atoms with Crippen LogP contribution in [-0.4, -0.2) is 16.8 Å². The summed E-state index contributed by atoms with van der Waals surface area (Å²) >= 11 is 2.28. The fourth-order valence-electron chi connectivity index (χ4n) is 3.87. The van der Waals surface area contributed by atoms with Gasteiger partial charge >= 0.3 is 17.1 Å². The molecule has 1 heterocycles. The average molecular weight is 695 g/mol. The zero-order valence-corrected chi connectivity index (χ0v) is 27.0. The second kappa shape index (κ2) is 23.5. The standard InChI is InChI=1S/C28H38N3O2.C5H4I.Fe/c1-3-5-7-9-11-17-27(32)30-25-21-24(20-19-23-15-13-14-16-23)22-26(29-25)31-28(33)18-12-10-8-6-4-2;6-5-3-1-2-4-5;/h13-16,21-22H,3-12,17-18H2,1-2H3,(H2,29,30,31,32,33);1-4H;/q;;+2. The van der Waals surface area contributed by atoms with E-state index < -0.39 is 0 Å². The van der Waals surface area contributed by atoms with Gasteiger partial charge in [0, 0.05) is 22.3 Å². The fraction of sp³-hybridized carbons (Fsp3) is 0.424. The number of anilines is 2. The molecule has 2 saturated carbocycles. The minimum atomic E-state index is -0.0617. The number of pyridine rings is 1. The Morgan fingerprint density at radius 3 is 1.57 bits per heavy atom. The van der Waals surface area contributed by atoms with Crippen LogP contribution < -0.4 is 10.6 Å². The molecule has 2 aliphatic rings. The molecule has 0 saturated heterocycles. The van der Waals surface area contributed by atoms with Gasteiger partial charge in [-0.15, -0.1) is 0 Å². The third-order valence-corrected chi connectivity index (χ3v) is 6.73. The fourth-order valence-corrected chi connectivity index (χ4v) is 4.29. The first-order valence-electron chi connectivity index (χ1n) is 14.2. The number of aromatic nitrogens is 1. The van der Waals surface area contributed by atoms with Gasteiger partial charge in [0.1, 0.15) is 11.6 Å². The maximum absolute atomic E-state index is 12.4. The molecule has 40 heavy (non-hydrogen) atoms. The molecule has 0 spiro atoms. The van der Waals surface area contributed by atoms with Gasteiger partial charge in [0.2, 0.25) is 11.8 Å². The molecule has 0 aliphatic heterocycles. The van der Waals surface area contributed by atoms with Gasteiger partial charge in [0.25, 0.3) is 0 Å². The van der Waals surface area contributed by atoms with E-state index in [4.69, 9.17) is 0 Å². The van der Waals surface area contributed by atoms with Crippen LogP contribution in [0.2, 0.25) is 0 Å². The maximum Gasteiger partial charge on any atom is 2.00 e. The number of amides is 2. The first-order chi connectivity index (χ1) is 19.0. The van der Waals surface area contributed by atoms with Crippen LogP contribution in [0.5, 0.6) is 0 Å². The molecule has 2 aliphatic carbocycles. The summed E-state index contributed by atoms with van der Waals surface area (Å²) in [5.74, 6) is 7.85. The number of nitrogens with zero attached hydrogens (tertiary/aromatic N) is 1. The molecule has 5 nitrogen and oxygen atoms in total. The number of halogens is 1. The third-order valence-electron chi connectivity index (χ3n) is 6.01. The molecule has 3 rings (SSSR count). The van der Waals surface area contributed by atoms with Gasteiger partial charge in [0.15, 0.2) is 0 Å². The Kier molecular flexibility index (Phi) is 21.7. The zero-order valence-electron chi connectivity index (χ0n) is 23.8. The second-order valence-corrected chi connectivity index (χ2v) is 10.8. The molecule has 1 aromatic rings. The van der Waals surface area contributed by atoms with Gasteiger partial charge in [-0.3, -0.25) is 9.59 Å². The third kappa shape index (κ3) is 17.7. The molecule has 2 N–H and O–H groups in total. The molecule has 0 atom stereocenters. The van der Waals surface area contributed by atoms with E-state index >= 15 is 0 Å². The van der Waals surface area contributed by atoms with Crippen LogP contribution in [0, 0.1) is 73.0 Å². The summed E-state index contributed by atoms with van der Waals surface area (Å²) in [5, 5.41) is 5.75. The van der Waals surface area contributed by atoms with Crippen LogP contribution in [-0.2, 0) is 26.7 Å². The zero-order chi connectivity index (χ0) is 28.1. The van der Waals surface area contributed by atoms with Crippen molar-refractivity contribution in [3.05, 3.63) is 78.9 Å². The van der Waals surface area contributed by atoms with Crippen LogP contribution in [0.3, 0.4) is 0 Å². The van der Waals surface area contributed by atoms with Gasteiger partial charge in [-0.05, 0) is 76.3 Å². The predicted octanol–water partition coefficient (Wildman–Crippen LogP) is 8.22. The van der Waals surface area contributed by atoms with Crippen molar-refractivity contribution in [1.82, 2.24) is 4.98 Å². The van der Waals surface area contributed by atoms with Crippen molar-refractivity contribution in [1.29, 1.82) is 0 Å². The topological polar surface area (TPSA) is 71.1 Å². The number of nitrogens with one attached hydrogen (secondary N) is 2. The molecular weight excluding hydrogens is 653 g/mol. The molecule has 0 unspecified atom stereocenters. The summed E-state index contributed by atoms with van der Waals surface area (Å²) in [4.78, 5) is 29.2. The van der Waals surface area contributed by atoms with E-state index in [2.05, 4.69) is 76.7 Å². The summed E-state index contributed by atoms with van der Waals surface area (Å²) < 4.78 is 1.31. The molecule has 0 aromatic carbocycles. The Hall–Kier alpha value is -1.10. The summed E-state index contributed by atoms with van der Waals surface area (Å²) in [5.41, 5.74) is 0.697. The second-order valence-electron chi connectivity index (χ2n) is 9.58. The quantitative estimate of drug-likeness (QED) is 0.0893. The van der Waals surface area contributed by atoms with Crippen molar-refractivity contribution in [2.24, 2.45) is 0 Å². The Labute approximate surface area is 268 Å². The van der Waals surface area contributed by atoms with Crippen molar-refractivity contribution in [3.63, 3.8) is 0 Å². The largest absolute Gasteiger partial charge is 2.00 e. The van der Waals surface area contributed by atoms with Crippen molar-refractivity contribution in [3.8, 4) is 11.8 Å². The normalized spacial score (nSPS) is 14.9. The smallest absolute Gasteiger partial charge is 0.311 e. The number of carbonyl (C=O) groups excluding carboxylic acids is 2. The van der Waals surface area contributed by atoms with Crippen LogP contribution in [0.4, 0.5) is 11.6 Å².